The van der Waals surface area contributed by atoms with Crippen molar-refractivity contribution in [2.45, 2.75) is 36.8 Å². The quantitative estimate of drug-likeness (QED) is 0.500. The maximum absolute atomic E-state index is 15.0. The molecule has 188 valence electrons. The average molecular weight is 532 g/mol. The number of imidazole rings is 1. The number of rotatable bonds is 5. The van der Waals surface area contributed by atoms with Crippen LogP contribution in [0.3, 0.4) is 0 Å². The third-order valence-electron chi connectivity index (χ3n) is 5.47. The highest BCUT2D eigenvalue weighted by Crippen LogP contribution is 2.39. The summed E-state index contributed by atoms with van der Waals surface area (Å²) in [5.41, 5.74) is -1.27. The molecule has 1 aliphatic heterocycles. The molecule has 0 spiro atoms. The fourth-order valence-electron chi connectivity index (χ4n) is 3.63. The Hall–Kier alpha value is -3.09. The largest absolute Gasteiger partial charge is 0.420 e. The van der Waals surface area contributed by atoms with Crippen LogP contribution in [0.5, 0.6) is 0 Å². The summed E-state index contributed by atoms with van der Waals surface area (Å²) in [5, 5.41) is 11.7. The average Bonchev–Trinajstić information content (AvgIpc) is 3.40. The first-order valence-corrected chi connectivity index (χ1v) is 12.5. The second-order valence-corrected chi connectivity index (χ2v) is 11.1. The molecule has 0 aliphatic carbocycles. The summed E-state index contributed by atoms with van der Waals surface area (Å²) in [6.07, 6.45) is -3.14. The van der Waals surface area contributed by atoms with E-state index in [1.807, 2.05) is 6.07 Å². The monoisotopic (exact) mass is 531 g/mol. The molecular weight excluding hydrogens is 510 g/mol. The number of nitriles is 1. The number of nitrogens with zero attached hydrogens (tertiary/aromatic N) is 6. The van der Waals surface area contributed by atoms with E-state index in [-0.39, 0.29) is 35.8 Å². The van der Waals surface area contributed by atoms with Gasteiger partial charge in [-0.15, -0.1) is 11.3 Å². The summed E-state index contributed by atoms with van der Waals surface area (Å²) in [7, 11) is -2.38. The second-order valence-electron chi connectivity index (χ2n) is 7.94. The lowest BCUT2D eigenvalue weighted by atomic mass is 10.1. The first-order valence-electron chi connectivity index (χ1n) is 10.2. The normalized spacial score (nSPS) is 19.5. The Bertz CT molecular complexity index is 1400. The molecule has 1 aliphatic rings. The van der Waals surface area contributed by atoms with Crippen LogP contribution in [-0.4, -0.2) is 57.5 Å². The van der Waals surface area contributed by atoms with Gasteiger partial charge in [-0.2, -0.15) is 22.7 Å². The van der Waals surface area contributed by atoms with E-state index in [0.29, 0.717) is 11.1 Å². The number of hydrogen-bond donors (Lipinski definition) is 1. The van der Waals surface area contributed by atoms with Crippen molar-refractivity contribution in [1.82, 2.24) is 23.8 Å². The van der Waals surface area contributed by atoms with E-state index in [4.69, 9.17) is 5.26 Å². The van der Waals surface area contributed by atoms with Gasteiger partial charge in [0.2, 0.25) is 5.95 Å². The number of aromatic nitrogens is 4. The Labute approximate surface area is 203 Å². The molecule has 0 amide bonds. The van der Waals surface area contributed by atoms with Gasteiger partial charge in [-0.1, -0.05) is 0 Å². The predicted molar refractivity (Wildman–Crippen MR) is 121 cm³/mol. The molecule has 1 fully saturated rings. The standard InChI is InChI=1S/C20H19F4N7O2S2.H2/c1-11-12(6-25)5-16(34-11)18-13(20(22,23)24)7-26-19(29-18)28-15-3-4-31(8-14(15)21)35(32,33)17-9-30(2)10-27-17;/h5,7,9-10,14-15H,3-4,8H2,1-2H3,(H,26,28,29);1H/t14-,15+;/m1./s1. The van der Waals surface area contributed by atoms with Crippen molar-refractivity contribution in [3.8, 4) is 16.6 Å². The minimum Gasteiger partial charge on any atom is -0.348 e. The highest BCUT2D eigenvalue weighted by Gasteiger charge is 2.39. The fourth-order valence-corrected chi connectivity index (χ4v) is 6.04. The molecule has 4 heterocycles. The van der Waals surface area contributed by atoms with Crippen LogP contribution in [0.15, 0.2) is 29.8 Å². The van der Waals surface area contributed by atoms with Crippen molar-refractivity contribution in [2.75, 3.05) is 18.4 Å². The van der Waals surface area contributed by atoms with Crippen LogP contribution < -0.4 is 5.32 Å². The minimum atomic E-state index is -4.74. The number of piperidine rings is 1. The van der Waals surface area contributed by atoms with E-state index >= 15 is 0 Å². The molecule has 1 N–H and O–H groups in total. The Morgan fingerprint density at radius 3 is 2.66 bits per heavy atom. The molecule has 0 saturated carbocycles. The number of nitrogens with one attached hydrogen (secondary N) is 1. The molecule has 9 nitrogen and oxygen atoms in total. The second kappa shape index (κ2) is 9.17. The smallest absolute Gasteiger partial charge is 0.348 e. The Kier molecular flexibility index (Phi) is 6.56. The summed E-state index contributed by atoms with van der Waals surface area (Å²) >= 11 is 0.985. The number of aryl methyl sites for hydroxylation is 2. The third kappa shape index (κ3) is 5.00. The summed E-state index contributed by atoms with van der Waals surface area (Å²) in [6.45, 7) is 1.13. The van der Waals surface area contributed by atoms with Gasteiger partial charge in [-0.25, -0.2) is 27.8 Å². The molecule has 15 heteroatoms. The number of sulfonamides is 1. The van der Waals surface area contributed by atoms with Crippen LogP contribution in [0.25, 0.3) is 10.6 Å². The van der Waals surface area contributed by atoms with Gasteiger partial charge in [-0.05, 0) is 19.4 Å². The first kappa shape index (κ1) is 25.0. The zero-order valence-corrected chi connectivity index (χ0v) is 20.0. The number of halogens is 4. The van der Waals surface area contributed by atoms with Crippen molar-refractivity contribution in [2.24, 2.45) is 7.05 Å². The van der Waals surface area contributed by atoms with Crippen LogP contribution in [-0.2, 0) is 23.2 Å². The summed E-state index contributed by atoms with van der Waals surface area (Å²) < 4.78 is 83.6. The Morgan fingerprint density at radius 2 is 2.09 bits per heavy atom. The summed E-state index contributed by atoms with van der Waals surface area (Å²) in [5.74, 6) is -0.230. The maximum Gasteiger partial charge on any atom is 0.420 e. The van der Waals surface area contributed by atoms with E-state index in [1.54, 1.807) is 14.0 Å². The van der Waals surface area contributed by atoms with Gasteiger partial charge in [0.25, 0.3) is 10.0 Å². The molecule has 0 unspecified atom stereocenters. The minimum absolute atomic E-state index is 0. The highest BCUT2D eigenvalue weighted by atomic mass is 32.2. The van der Waals surface area contributed by atoms with Crippen LogP contribution in [0.2, 0.25) is 0 Å². The lowest BCUT2D eigenvalue weighted by Crippen LogP contribution is -2.50. The lowest BCUT2D eigenvalue weighted by molar-refractivity contribution is -0.137. The van der Waals surface area contributed by atoms with Gasteiger partial charge in [0, 0.05) is 38.8 Å². The van der Waals surface area contributed by atoms with Crippen molar-refractivity contribution < 1.29 is 27.4 Å². The SMILES string of the molecule is Cc1sc(-c2nc(N[C@H]3CCN(S(=O)(=O)c4cn(C)cn4)C[C@H]3F)ncc2C(F)(F)F)cc1C#N.[HH]. The molecule has 3 aromatic heterocycles. The number of hydrogen-bond acceptors (Lipinski definition) is 8. The molecule has 0 bridgehead atoms. The van der Waals surface area contributed by atoms with Crippen molar-refractivity contribution >= 4 is 27.3 Å². The zero-order chi connectivity index (χ0) is 25.5. The first-order chi connectivity index (χ1) is 16.4. The molecule has 2 atom stereocenters. The zero-order valence-electron chi connectivity index (χ0n) is 18.4. The number of anilines is 1. The van der Waals surface area contributed by atoms with E-state index in [2.05, 4.69) is 20.3 Å². The molecule has 1 saturated heterocycles. The van der Waals surface area contributed by atoms with Crippen molar-refractivity contribution in [3.63, 3.8) is 0 Å². The van der Waals surface area contributed by atoms with Gasteiger partial charge >= 0.3 is 6.18 Å². The van der Waals surface area contributed by atoms with Crippen LogP contribution >= 0.6 is 11.3 Å². The number of thiophene rings is 1. The van der Waals surface area contributed by atoms with E-state index in [1.165, 1.54) is 23.2 Å². The van der Waals surface area contributed by atoms with Gasteiger partial charge in [-0.3, -0.25) is 0 Å². The summed E-state index contributed by atoms with van der Waals surface area (Å²) in [6, 6.07) is 2.32. The maximum atomic E-state index is 15.0. The van der Waals surface area contributed by atoms with Crippen molar-refractivity contribution in [3.05, 3.63) is 40.8 Å². The third-order valence-corrected chi connectivity index (χ3v) is 8.28. The van der Waals surface area contributed by atoms with Crippen molar-refractivity contribution in [1.29, 1.82) is 5.26 Å². The van der Waals surface area contributed by atoms with Gasteiger partial charge in [0.15, 0.2) is 5.03 Å². The summed E-state index contributed by atoms with van der Waals surface area (Å²) in [4.78, 5) is 12.2. The topological polar surface area (TPSA) is 117 Å². The van der Waals surface area contributed by atoms with E-state index < -0.39 is 46.2 Å². The lowest BCUT2D eigenvalue weighted by Gasteiger charge is -2.33. The van der Waals surface area contributed by atoms with Gasteiger partial charge < -0.3 is 9.88 Å². The molecule has 0 aromatic carbocycles. The molecule has 35 heavy (non-hydrogen) atoms. The highest BCUT2D eigenvalue weighted by molar-refractivity contribution is 7.89. The predicted octanol–water partition coefficient (Wildman–Crippen LogP) is 3.60. The Balaban J connectivity index is 0.00000361. The van der Waals surface area contributed by atoms with Crippen LogP contribution in [0.1, 0.15) is 23.9 Å². The van der Waals surface area contributed by atoms with Gasteiger partial charge in [0.05, 0.1) is 28.5 Å². The molecular formula is C20H21F4N7O2S2. The fraction of sp³-hybridized carbons (Fsp3) is 0.400. The molecule has 4 rings (SSSR count). The van der Waals surface area contributed by atoms with Gasteiger partial charge in [0.1, 0.15) is 17.8 Å². The number of alkyl halides is 4. The van der Waals surface area contributed by atoms with E-state index in [0.717, 1.165) is 15.6 Å². The van der Waals surface area contributed by atoms with E-state index in [9.17, 15) is 26.0 Å². The molecule has 0 radical (unpaired) electrons. The Morgan fingerprint density at radius 1 is 1.34 bits per heavy atom. The van der Waals surface area contributed by atoms with Crippen LogP contribution in [0.4, 0.5) is 23.5 Å². The van der Waals surface area contributed by atoms with Crippen LogP contribution in [0, 0.1) is 18.3 Å². The molecule has 3 aromatic rings.